The van der Waals surface area contributed by atoms with Crippen LogP contribution in [-0.4, -0.2) is 28.0 Å². The number of aliphatic hydroxyl groups is 1. The van der Waals surface area contributed by atoms with Crippen LogP contribution < -0.4 is 10.6 Å². The van der Waals surface area contributed by atoms with E-state index in [-0.39, 0.29) is 30.8 Å². The first-order valence-electron chi connectivity index (χ1n) is 17.0. The van der Waals surface area contributed by atoms with Crippen molar-refractivity contribution in [2.45, 2.75) is 43.8 Å². The van der Waals surface area contributed by atoms with Crippen molar-refractivity contribution in [1.82, 2.24) is 10.3 Å². The van der Waals surface area contributed by atoms with E-state index in [4.69, 9.17) is 18.9 Å². The molecule has 258 valence electrons. The summed E-state index contributed by atoms with van der Waals surface area (Å²) in [6.07, 6.45) is -1.14. The second-order valence-electron chi connectivity index (χ2n) is 12.4. The molecule has 5 aromatic carbocycles. The summed E-state index contributed by atoms with van der Waals surface area (Å²) in [6, 6.07) is 45.0. The van der Waals surface area contributed by atoms with Crippen LogP contribution in [0.2, 0.25) is 0 Å². The van der Waals surface area contributed by atoms with Crippen LogP contribution in [0.25, 0.3) is 22.6 Å². The SMILES string of the molecule is C[C@H]1[C@@H](CSc2nc(-c3ccccc3)c(-c3ccccc3)o2)O[C@@H](c2ccc(NC(=O)NCc3ccccc3)cc2)O[C@H]1c1ccc(CO)cc1. The fourth-order valence-electron chi connectivity index (χ4n) is 6.08. The average Bonchev–Trinajstić information content (AvgIpc) is 3.63. The molecule has 1 aliphatic heterocycles. The summed E-state index contributed by atoms with van der Waals surface area (Å²) in [5.74, 6) is 1.30. The first-order valence-corrected chi connectivity index (χ1v) is 18.0. The number of ether oxygens (including phenoxy) is 2. The number of oxazole rings is 1. The molecule has 7 rings (SSSR count). The Morgan fingerprint density at radius 1 is 0.745 bits per heavy atom. The minimum absolute atomic E-state index is 0.0138. The predicted octanol–water partition coefficient (Wildman–Crippen LogP) is 9.41. The van der Waals surface area contributed by atoms with Gasteiger partial charge in [-0.2, -0.15) is 0 Å². The van der Waals surface area contributed by atoms with Crippen LogP contribution in [0, 0.1) is 5.92 Å². The standard InChI is InChI=1S/C42H39N3O5S/c1-28-36(27-51-42-45-37(31-13-7-3-8-14-31)39(50-42)32-15-9-4-10-16-32)48-40(49-38(28)33-19-17-30(26-46)18-20-33)34-21-23-35(24-22-34)44-41(47)43-25-29-11-5-2-6-12-29/h2-24,28,36,38,40,46H,25-27H2,1H3,(H2,43,44,47)/t28-,36+,38+,40+/m0/s1. The molecule has 1 aliphatic rings. The number of thioether (sulfide) groups is 1. The highest BCUT2D eigenvalue weighted by molar-refractivity contribution is 7.99. The fourth-order valence-corrected chi connectivity index (χ4v) is 7.07. The van der Waals surface area contributed by atoms with E-state index in [1.54, 1.807) is 0 Å². The van der Waals surface area contributed by atoms with E-state index >= 15 is 0 Å². The first kappa shape index (κ1) is 34.3. The monoisotopic (exact) mass is 697 g/mol. The summed E-state index contributed by atoms with van der Waals surface area (Å²) in [4.78, 5) is 17.5. The van der Waals surface area contributed by atoms with Gasteiger partial charge in [-0.25, -0.2) is 9.78 Å². The van der Waals surface area contributed by atoms with Crippen molar-refractivity contribution in [3.63, 3.8) is 0 Å². The third-order valence-electron chi connectivity index (χ3n) is 8.92. The molecule has 6 aromatic rings. The number of aromatic nitrogens is 1. The van der Waals surface area contributed by atoms with E-state index in [2.05, 4.69) is 17.6 Å². The van der Waals surface area contributed by atoms with Crippen molar-refractivity contribution in [2.24, 2.45) is 5.92 Å². The maximum Gasteiger partial charge on any atom is 0.319 e. The lowest BCUT2D eigenvalue weighted by Crippen LogP contribution is -2.38. The Hall–Kier alpha value is -5.19. The van der Waals surface area contributed by atoms with Crippen molar-refractivity contribution < 1.29 is 23.8 Å². The van der Waals surface area contributed by atoms with E-state index in [1.165, 1.54) is 11.8 Å². The highest BCUT2D eigenvalue weighted by Gasteiger charge is 2.38. The summed E-state index contributed by atoms with van der Waals surface area (Å²) in [5, 5.41) is 16.0. The Morgan fingerprint density at radius 2 is 1.37 bits per heavy atom. The molecule has 0 bridgehead atoms. The number of hydrogen-bond acceptors (Lipinski definition) is 7. The molecule has 8 nitrogen and oxygen atoms in total. The molecule has 0 radical (unpaired) electrons. The molecular weight excluding hydrogens is 659 g/mol. The number of amides is 2. The number of nitrogens with zero attached hydrogens (tertiary/aromatic N) is 1. The molecular formula is C42H39N3O5S. The molecule has 51 heavy (non-hydrogen) atoms. The third kappa shape index (κ3) is 8.41. The normalized spacial score (nSPS) is 18.6. The Balaban J connectivity index is 1.09. The minimum atomic E-state index is -0.653. The number of benzene rings is 5. The maximum atomic E-state index is 12.6. The van der Waals surface area contributed by atoms with Gasteiger partial charge in [0.15, 0.2) is 12.1 Å². The Bertz CT molecular complexity index is 1950. The van der Waals surface area contributed by atoms with Crippen molar-refractivity contribution in [3.8, 4) is 22.6 Å². The molecule has 3 N–H and O–H groups in total. The molecule has 1 fully saturated rings. The van der Waals surface area contributed by atoms with E-state index in [1.807, 2.05) is 140 Å². The predicted molar refractivity (Wildman–Crippen MR) is 200 cm³/mol. The number of urea groups is 1. The van der Waals surface area contributed by atoms with E-state index in [0.29, 0.717) is 23.2 Å². The van der Waals surface area contributed by atoms with Gasteiger partial charge < -0.3 is 29.6 Å². The summed E-state index contributed by atoms with van der Waals surface area (Å²) in [7, 11) is 0. The van der Waals surface area contributed by atoms with Gasteiger partial charge in [0.1, 0.15) is 5.69 Å². The molecule has 9 heteroatoms. The lowest BCUT2D eigenvalue weighted by molar-refractivity contribution is -0.268. The zero-order valence-electron chi connectivity index (χ0n) is 28.1. The summed E-state index contributed by atoms with van der Waals surface area (Å²) in [6.45, 7) is 2.54. The van der Waals surface area contributed by atoms with Gasteiger partial charge in [0.2, 0.25) is 0 Å². The molecule has 0 unspecified atom stereocenters. The van der Waals surface area contributed by atoms with Gasteiger partial charge >= 0.3 is 6.03 Å². The molecule has 1 aromatic heterocycles. The van der Waals surface area contributed by atoms with Gasteiger partial charge in [-0.15, -0.1) is 0 Å². The van der Waals surface area contributed by atoms with Crippen LogP contribution in [0.3, 0.4) is 0 Å². The Kier molecular flexibility index (Phi) is 10.9. The molecule has 2 heterocycles. The molecule has 0 aliphatic carbocycles. The number of nitrogens with one attached hydrogen (secondary N) is 2. The molecule has 0 saturated carbocycles. The van der Waals surface area contributed by atoms with E-state index in [9.17, 15) is 9.90 Å². The van der Waals surface area contributed by atoms with Gasteiger partial charge in [-0.3, -0.25) is 0 Å². The summed E-state index contributed by atoms with van der Waals surface area (Å²) >= 11 is 1.52. The Labute approximate surface area is 301 Å². The van der Waals surface area contributed by atoms with Crippen molar-refractivity contribution in [3.05, 3.63) is 162 Å². The zero-order valence-corrected chi connectivity index (χ0v) is 29.0. The maximum absolute atomic E-state index is 12.6. The van der Waals surface area contributed by atoms with Crippen LogP contribution in [0.1, 0.15) is 41.6 Å². The smallest absolute Gasteiger partial charge is 0.319 e. The van der Waals surface area contributed by atoms with Crippen LogP contribution in [0.15, 0.2) is 149 Å². The second kappa shape index (κ2) is 16.2. The topological polar surface area (TPSA) is 106 Å². The van der Waals surface area contributed by atoms with Gasteiger partial charge in [0.05, 0.1) is 18.8 Å². The zero-order chi connectivity index (χ0) is 35.0. The number of carbonyl (C=O) groups excluding carboxylic acids is 1. The Morgan fingerprint density at radius 3 is 2.04 bits per heavy atom. The van der Waals surface area contributed by atoms with Crippen LogP contribution in [0.5, 0.6) is 0 Å². The van der Waals surface area contributed by atoms with Gasteiger partial charge in [-0.05, 0) is 28.8 Å². The van der Waals surface area contributed by atoms with Crippen molar-refractivity contribution in [1.29, 1.82) is 0 Å². The van der Waals surface area contributed by atoms with Crippen LogP contribution >= 0.6 is 11.8 Å². The van der Waals surface area contributed by atoms with Gasteiger partial charge in [0.25, 0.3) is 5.22 Å². The minimum Gasteiger partial charge on any atom is -0.431 e. The van der Waals surface area contributed by atoms with E-state index < -0.39 is 6.29 Å². The lowest BCUT2D eigenvalue weighted by Gasteiger charge is -2.41. The van der Waals surface area contributed by atoms with Gasteiger partial charge in [0, 0.05) is 40.6 Å². The van der Waals surface area contributed by atoms with Crippen molar-refractivity contribution >= 4 is 23.5 Å². The molecule has 2 amide bonds. The highest BCUT2D eigenvalue weighted by atomic mass is 32.2. The van der Waals surface area contributed by atoms with E-state index in [0.717, 1.165) is 44.8 Å². The quantitative estimate of drug-likeness (QED) is 0.116. The molecule has 4 atom stereocenters. The highest BCUT2D eigenvalue weighted by Crippen LogP contribution is 2.44. The lowest BCUT2D eigenvalue weighted by atomic mass is 9.91. The van der Waals surface area contributed by atoms with Crippen molar-refractivity contribution in [2.75, 3.05) is 11.1 Å². The number of hydrogen-bond donors (Lipinski definition) is 3. The summed E-state index contributed by atoms with van der Waals surface area (Å²) in [5.41, 5.74) is 7.10. The number of rotatable bonds is 11. The number of carbonyl (C=O) groups is 1. The second-order valence-corrected chi connectivity index (χ2v) is 13.4. The van der Waals surface area contributed by atoms with Gasteiger partial charge in [-0.1, -0.05) is 146 Å². The molecule has 0 spiro atoms. The first-order chi connectivity index (χ1) is 25.0. The number of anilines is 1. The third-order valence-corrected chi connectivity index (χ3v) is 9.84. The molecule has 1 saturated heterocycles. The van der Waals surface area contributed by atoms with Crippen LogP contribution in [0.4, 0.5) is 10.5 Å². The largest absolute Gasteiger partial charge is 0.431 e. The summed E-state index contributed by atoms with van der Waals surface area (Å²) < 4.78 is 19.7. The fraction of sp³-hybridized carbons (Fsp3) is 0.190. The van der Waals surface area contributed by atoms with Crippen LogP contribution in [-0.2, 0) is 22.6 Å². The average molecular weight is 698 g/mol. The number of aliphatic hydroxyl groups excluding tert-OH is 1.